The Kier molecular flexibility index (Phi) is 3.94. The van der Waals surface area contributed by atoms with Crippen LogP contribution in [0.25, 0.3) is 0 Å². The van der Waals surface area contributed by atoms with Gasteiger partial charge < -0.3 is 5.32 Å². The molecule has 1 saturated heterocycles. The van der Waals surface area contributed by atoms with Crippen molar-refractivity contribution in [3.63, 3.8) is 0 Å². The minimum absolute atomic E-state index is 0.576. The van der Waals surface area contributed by atoms with Crippen molar-refractivity contribution < 1.29 is 0 Å². The first-order valence-electron chi connectivity index (χ1n) is 6.44. The van der Waals surface area contributed by atoms with Crippen LogP contribution in [-0.4, -0.2) is 17.6 Å². The normalized spacial score (nSPS) is 21.3. The summed E-state index contributed by atoms with van der Waals surface area (Å²) in [7, 11) is 0. The molecule has 0 bridgehead atoms. The standard InChI is InChI=1S/C14H22N2/c1-11(2)13-7-5-9-16-14(13)10-12-6-3-4-8-15-12/h5,7,9,11-12,15H,3-4,6,8,10H2,1-2H3. The molecule has 0 saturated carbocycles. The first-order valence-corrected chi connectivity index (χ1v) is 6.44. The summed E-state index contributed by atoms with van der Waals surface area (Å²) in [6.07, 6.45) is 7.00. The van der Waals surface area contributed by atoms with Crippen molar-refractivity contribution in [1.82, 2.24) is 10.3 Å². The third-order valence-electron chi connectivity index (χ3n) is 3.40. The summed E-state index contributed by atoms with van der Waals surface area (Å²) < 4.78 is 0. The van der Waals surface area contributed by atoms with Crippen LogP contribution in [0.15, 0.2) is 18.3 Å². The van der Waals surface area contributed by atoms with Crippen molar-refractivity contribution in [2.45, 2.75) is 51.5 Å². The molecule has 88 valence electrons. The topological polar surface area (TPSA) is 24.9 Å². The number of pyridine rings is 1. The Balaban J connectivity index is 2.07. The molecule has 2 rings (SSSR count). The third-order valence-corrected chi connectivity index (χ3v) is 3.40. The van der Waals surface area contributed by atoms with Gasteiger partial charge in [-0.05, 0) is 36.9 Å². The van der Waals surface area contributed by atoms with E-state index in [9.17, 15) is 0 Å². The van der Waals surface area contributed by atoms with Crippen molar-refractivity contribution in [2.24, 2.45) is 0 Å². The van der Waals surface area contributed by atoms with E-state index in [2.05, 4.69) is 30.2 Å². The molecule has 2 heterocycles. The Labute approximate surface area is 98.5 Å². The molecule has 0 spiro atoms. The van der Waals surface area contributed by atoms with Crippen LogP contribution in [-0.2, 0) is 6.42 Å². The van der Waals surface area contributed by atoms with E-state index in [1.165, 1.54) is 37.1 Å². The van der Waals surface area contributed by atoms with Gasteiger partial charge in [-0.15, -0.1) is 0 Å². The molecule has 0 aliphatic carbocycles. The van der Waals surface area contributed by atoms with Gasteiger partial charge in [-0.2, -0.15) is 0 Å². The van der Waals surface area contributed by atoms with Crippen LogP contribution in [0, 0.1) is 0 Å². The van der Waals surface area contributed by atoms with Gasteiger partial charge in [0.1, 0.15) is 0 Å². The molecular weight excluding hydrogens is 196 g/mol. The smallest absolute Gasteiger partial charge is 0.0453 e. The summed E-state index contributed by atoms with van der Waals surface area (Å²) in [6, 6.07) is 4.91. The Hall–Kier alpha value is -0.890. The summed E-state index contributed by atoms with van der Waals surface area (Å²) >= 11 is 0. The number of hydrogen-bond acceptors (Lipinski definition) is 2. The SMILES string of the molecule is CC(C)c1cccnc1CC1CCCCN1. The minimum Gasteiger partial charge on any atom is -0.314 e. The summed E-state index contributed by atoms with van der Waals surface area (Å²) in [5, 5.41) is 3.59. The highest BCUT2D eigenvalue weighted by Gasteiger charge is 2.16. The maximum atomic E-state index is 4.55. The molecule has 1 aromatic heterocycles. The summed E-state index contributed by atoms with van der Waals surface area (Å²) in [5.41, 5.74) is 2.70. The van der Waals surface area contributed by atoms with Crippen molar-refractivity contribution in [2.75, 3.05) is 6.54 Å². The van der Waals surface area contributed by atoms with Gasteiger partial charge in [-0.3, -0.25) is 4.98 Å². The fourth-order valence-electron chi connectivity index (χ4n) is 2.48. The van der Waals surface area contributed by atoms with Crippen LogP contribution >= 0.6 is 0 Å². The number of aromatic nitrogens is 1. The monoisotopic (exact) mass is 218 g/mol. The zero-order chi connectivity index (χ0) is 11.4. The van der Waals surface area contributed by atoms with Crippen molar-refractivity contribution >= 4 is 0 Å². The Morgan fingerprint density at radius 1 is 1.44 bits per heavy atom. The molecular formula is C14H22N2. The van der Waals surface area contributed by atoms with Crippen LogP contribution in [0.1, 0.15) is 50.3 Å². The lowest BCUT2D eigenvalue weighted by atomic mass is 9.94. The largest absolute Gasteiger partial charge is 0.314 e. The van der Waals surface area contributed by atoms with Gasteiger partial charge in [0.05, 0.1) is 0 Å². The molecule has 1 N–H and O–H groups in total. The molecule has 0 radical (unpaired) electrons. The molecule has 0 aromatic carbocycles. The zero-order valence-electron chi connectivity index (χ0n) is 10.4. The second-order valence-electron chi connectivity index (χ2n) is 5.04. The maximum absolute atomic E-state index is 4.55. The van der Waals surface area contributed by atoms with Gasteiger partial charge in [0.15, 0.2) is 0 Å². The summed E-state index contributed by atoms with van der Waals surface area (Å²) in [6.45, 7) is 5.66. The molecule has 0 amide bonds. The van der Waals surface area contributed by atoms with Gasteiger partial charge in [0.25, 0.3) is 0 Å². The average Bonchev–Trinajstić information content (AvgIpc) is 2.31. The number of nitrogens with one attached hydrogen (secondary N) is 1. The van der Waals surface area contributed by atoms with Gasteiger partial charge in [-0.1, -0.05) is 26.3 Å². The van der Waals surface area contributed by atoms with Gasteiger partial charge >= 0.3 is 0 Å². The van der Waals surface area contributed by atoms with Crippen LogP contribution in [0.5, 0.6) is 0 Å². The molecule has 2 nitrogen and oxygen atoms in total. The van der Waals surface area contributed by atoms with Crippen LogP contribution in [0.2, 0.25) is 0 Å². The highest BCUT2D eigenvalue weighted by atomic mass is 14.9. The quantitative estimate of drug-likeness (QED) is 0.844. The summed E-state index contributed by atoms with van der Waals surface area (Å²) in [4.78, 5) is 4.55. The Morgan fingerprint density at radius 2 is 2.31 bits per heavy atom. The second kappa shape index (κ2) is 5.44. The number of nitrogens with zero attached hydrogens (tertiary/aromatic N) is 1. The lowest BCUT2D eigenvalue weighted by Gasteiger charge is -2.24. The molecule has 1 aliphatic heterocycles. The predicted molar refractivity (Wildman–Crippen MR) is 67.7 cm³/mol. The highest BCUT2D eigenvalue weighted by Crippen LogP contribution is 2.20. The van der Waals surface area contributed by atoms with E-state index in [4.69, 9.17) is 0 Å². The van der Waals surface area contributed by atoms with Crippen molar-refractivity contribution in [3.05, 3.63) is 29.6 Å². The van der Waals surface area contributed by atoms with Gasteiger partial charge in [-0.25, -0.2) is 0 Å². The van der Waals surface area contributed by atoms with E-state index >= 15 is 0 Å². The minimum atomic E-state index is 0.576. The van der Waals surface area contributed by atoms with Gasteiger partial charge in [0, 0.05) is 24.4 Å². The number of hydrogen-bond donors (Lipinski definition) is 1. The first kappa shape index (κ1) is 11.6. The fourth-order valence-corrected chi connectivity index (χ4v) is 2.48. The molecule has 1 aliphatic rings. The van der Waals surface area contributed by atoms with Crippen LogP contribution in [0.3, 0.4) is 0 Å². The predicted octanol–water partition coefficient (Wildman–Crippen LogP) is 2.89. The Morgan fingerprint density at radius 3 is 3.00 bits per heavy atom. The number of rotatable bonds is 3. The third kappa shape index (κ3) is 2.82. The van der Waals surface area contributed by atoms with Crippen molar-refractivity contribution in [3.8, 4) is 0 Å². The Bertz CT molecular complexity index is 327. The van der Waals surface area contributed by atoms with Gasteiger partial charge in [0.2, 0.25) is 0 Å². The molecule has 1 fully saturated rings. The van der Waals surface area contributed by atoms with E-state index < -0.39 is 0 Å². The lowest BCUT2D eigenvalue weighted by molar-refractivity contribution is 0.396. The highest BCUT2D eigenvalue weighted by molar-refractivity contribution is 5.24. The fraction of sp³-hybridized carbons (Fsp3) is 0.643. The lowest BCUT2D eigenvalue weighted by Crippen LogP contribution is -2.36. The maximum Gasteiger partial charge on any atom is 0.0453 e. The van der Waals surface area contributed by atoms with E-state index in [-0.39, 0.29) is 0 Å². The van der Waals surface area contributed by atoms with E-state index in [1.54, 1.807) is 0 Å². The summed E-state index contributed by atoms with van der Waals surface area (Å²) in [5.74, 6) is 0.576. The van der Waals surface area contributed by atoms with E-state index in [1.807, 2.05) is 12.3 Å². The van der Waals surface area contributed by atoms with E-state index in [0.717, 1.165) is 6.42 Å². The van der Waals surface area contributed by atoms with Crippen molar-refractivity contribution in [1.29, 1.82) is 0 Å². The zero-order valence-corrected chi connectivity index (χ0v) is 10.4. The first-order chi connectivity index (χ1) is 7.77. The molecule has 1 atom stereocenters. The number of piperidine rings is 1. The molecule has 16 heavy (non-hydrogen) atoms. The van der Waals surface area contributed by atoms with Crippen LogP contribution in [0.4, 0.5) is 0 Å². The molecule has 2 heteroatoms. The second-order valence-corrected chi connectivity index (χ2v) is 5.04. The molecule has 1 unspecified atom stereocenters. The molecule has 1 aromatic rings. The van der Waals surface area contributed by atoms with E-state index in [0.29, 0.717) is 12.0 Å². The van der Waals surface area contributed by atoms with Crippen LogP contribution < -0.4 is 5.32 Å². The average molecular weight is 218 g/mol.